The van der Waals surface area contributed by atoms with Gasteiger partial charge in [0.15, 0.2) is 0 Å². The molecule has 6 nitrogen and oxygen atoms in total. The summed E-state index contributed by atoms with van der Waals surface area (Å²) in [5.41, 5.74) is 0.591. The third kappa shape index (κ3) is 5.11. The molecule has 1 unspecified atom stereocenters. The largest absolute Gasteiger partial charge is 0.497 e. The van der Waals surface area contributed by atoms with Crippen LogP contribution in [0.3, 0.4) is 0 Å². The molecule has 26 heavy (non-hydrogen) atoms. The standard InChI is InChI=1S/C20H33N3O3/c1-6-22-11-7-8-16(22)15-23(13-12-21(2)3)20(24)18-10-9-17(25-4)14-19(18)26-5/h9-10,14,16H,6-8,11-13,15H2,1-5H3. The van der Waals surface area contributed by atoms with Crippen LogP contribution in [0.25, 0.3) is 0 Å². The summed E-state index contributed by atoms with van der Waals surface area (Å²) in [6.45, 7) is 6.65. The first-order valence-electron chi connectivity index (χ1n) is 9.40. The summed E-state index contributed by atoms with van der Waals surface area (Å²) in [7, 11) is 7.26. The number of hydrogen-bond acceptors (Lipinski definition) is 5. The van der Waals surface area contributed by atoms with Crippen LogP contribution in [0.15, 0.2) is 18.2 Å². The average Bonchev–Trinajstić information content (AvgIpc) is 3.10. The first kappa shape index (κ1) is 20.5. The second kappa shape index (κ2) is 9.78. The zero-order valence-electron chi connectivity index (χ0n) is 16.8. The van der Waals surface area contributed by atoms with Gasteiger partial charge in [-0.3, -0.25) is 9.69 Å². The summed E-state index contributed by atoms with van der Waals surface area (Å²) in [4.78, 5) is 19.8. The van der Waals surface area contributed by atoms with E-state index in [2.05, 4.69) is 16.7 Å². The number of nitrogens with zero attached hydrogens (tertiary/aromatic N) is 3. The molecule has 1 aliphatic rings. The zero-order chi connectivity index (χ0) is 19.1. The highest BCUT2D eigenvalue weighted by Gasteiger charge is 2.28. The van der Waals surface area contributed by atoms with Crippen molar-refractivity contribution in [3.05, 3.63) is 23.8 Å². The highest BCUT2D eigenvalue weighted by Crippen LogP contribution is 2.26. The molecule has 0 aromatic heterocycles. The molecule has 1 fully saturated rings. The molecule has 1 amide bonds. The molecule has 0 radical (unpaired) electrons. The van der Waals surface area contributed by atoms with E-state index >= 15 is 0 Å². The smallest absolute Gasteiger partial charge is 0.257 e. The second-order valence-electron chi connectivity index (χ2n) is 7.05. The number of carbonyl (C=O) groups excluding carboxylic acids is 1. The van der Waals surface area contributed by atoms with Crippen molar-refractivity contribution in [3.63, 3.8) is 0 Å². The maximum atomic E-state index is 13.3. The van der Waals surface area contributed by atoms with Crippen molar-refractivity contribution in [3.8, 4) is 11.5 Å². The minimum Gasteiger partial charge on any atom is -0.497 e. The number of likely N-dealkylation sites (tertiary alicyclic amines) is 1. The summed E-state index contributed by atoms with van der Waals surface area (Å²) in [5, 5.41) is 0. The van der Waals surface area contributed by atoms with Gasteiger partial charge < -0.3 is 19.3 Å². The Labute approximate surface area is 157 Å². The predicted octanol–water partition coefficient (Wildman–Crippen LogP) is 2.19. The minimum absolute atomic E-state index is 0.0225. The topological polar surface area (TPSA) is 45.2 Å². The van der Waals surface area contributed by atoms with Gasteiger partial charge in [-0.25, -0.2) is 0 Å². The van der Waals surface area contributed by atoms with Crippen LogP contribution in [0.2, 0.25) is 0 Å². The third-order valence-corrected chi connectivity index (χ3v) is 5.08. The van der Waals surface area contributed by atoms with E-state index in [1.54, 1.807) is 26.4 Å². The van der Waals surface area contributed by atoms with Crippen molar-refractivity contribution in [2.75, 3.05) is 61.0 Å². The fourth-order valence-electron chi connectivity index (χ4n) is 3.51. The fourth-order valence-corrected chi connectivity index (χ4v) is 3.51. The average molecular weight is 364 g/mol. The molecular formula is C20H33N3O3. The number of benzene rings is 1. The van der Waals surface area contributed by atoms with Gasteiger partial charge in [-0.2, -0.15) is 0 Å². The Morgan fingerprint density at radius 1 is 1.23 bits per heavy atom. The Kier molecular flexibility index (Phi) is 7.72. The van der Waals surface area contributed by atoms with Crippen molar-refractivity contribution in [2.45, 2.75) is 25.8 Å². The minimum atomic E-state index is 0.0225. The van der Waals surface area contributed by atoms with E-state index in [4.69, 9.17) is 9.47 Å². The number of ether oxygens (including phenoxy) is 2. The monoisotopic (exact) mass is 363 g/mol. The predicted molar refractivity (Wildman–Crippen MR) is 104 cm³/mol. The van der Waals surface area contributed by atoms with Gasteiger partial charge in [0.2, 0.25) is 0 Å². The van der Waals surface area contributed by atoms with Gasteiger partial charge in [0, 0.05) is 31.7 Å². The van der Waals surface area contributed by atoms with E-state index in [0.29, 0.717) is 29.6 Å². The Balaban J connectivity index is 2.21. The number of rotatable bonds is 9. The van der Waals surface area contributed by atoms with E-state index in [1.165, 1.54) is 6.42 Å². The number of likely N-dealkylation sites (N-methyl/N-ethyl adjacent to an activating group) is 2. The molecule has 1 aliphatic heterocycles. The summed E-state index contributed by atoms with van der Waals surface area (Å²) < 4.78 is 10.7. The summed E-state index contributed by atoms with van der Waals surface area (Å²) >= 11 is 0. The van der Waals surface area contributed by atoms with Crippen LogP contribution in [-0.2, 0) is 0 Å². The highest BCUT2D eigenvalue weighted by molar-refractivity contribution is 5.97. The van der Waals surface area contributed by atoms with E-state index in [-0.39, 0.29) is 5.91 Å². The maximum absolute atomic E-state index is 13.3. The Hall–Kier alpha value is -1.79. The first-order valence-corrected chi connectivity index (χ1v) is 9.40. The van der Waals surface area contributed by atoms with Gasteiger partial charge in [0.05, 0.1) is 19.8 Å². The number of amides is 1. The lowest BCUT2D eigenvalue weighted by Crippen LogP contribution is -2.45. The Morgan fingerprint density at radius 2 is 2.00 bits per heavy atom. The van der Waals surface area contributed by atoms with Gasteiger partial charge in [-0.15, -0.1) is 0 Å². The van der Waals surface area contributed by atoms with Crippen molar-refractivity contribution in [2.24, 2.45) is 0 Å². The van der Waals surface area contributed by atoms with Crippen LogP contribution in [0, 0.1) is 0 Å². The summed E-state index contributed by atoms with van der Waals surface area (Å²) in [5.74, 6) is 1.27. The molecule has 0 bridgehead atoms. The molecular weight excluding hydrogens is 330 g/mol. The number of carbonyl (C=O) groups is 1. The lowest BCUT2D eigenvalue weighted by atomic mass is 10.1. The van der Waals surface area contributed by atoms with Crippen molar-refractivity contribution in [1.82, 2.24) is 14.7 Å². The molecule has 1 aromatic carbocycles. The molecule has 0 N–H and O–H groups in total. The van der Waals surface area contributed by atoms with Crippen molar-refractivity contribution in [1.29, 1.82) is 0 Å². The Morgan fingerprint density at radius 3 is 2.62 bits per heavy atom. The van der Waals surface area contributed by atoms with Crippen LogP contribution in [0.5, 0.6) is 11.5 Å². The molecule has 146 valence electrons. The number of hydrogen-bond donors (Lipinski definition) is 0. The SMILES string of the molecule is CCN1CCCC1CN(CCN(C)C)C(=O)c1ccc(OC)cc1OC. The zero-order valence-corrected chi connectivity index (χ0v) is 16.8. The Bertz CT molecular complexity index is 592. The second-order valence-corrected chi connectivity index (χ2v) is 7.05. The molecule has 6 heteroatoms. The van der Waals surface area contributed by atoms with Crippen LogP contribution in [0.4, 0.5) is 0 Å². The molecule has 0 saturated carbocycles. The van der Waals surface area contributed by atoms with Crippen molar-refractivity contribution >= 4 is 5.91 Å². The summed E-state index contributed by atoms with van der Waals surface area (Å²) in [6.07, 6.45) is 2.36. The maximum Gasteiger partial charge on any atom is 0.257 e. The van der Waals surface area contributed by atoms with E-state index < -0.39 is 0 Å². The van der Waals surface area contributed by atoms with E-state index in [9.17, 15) is 4.79 Å². The van der Waals surface area contributed by atoms with Crippen LogP contribution in [-0.4, -0.2) is 87.7 Å². The summed E-state index contributed by atoms with van der Waals surface area (Å²) in [6, 6.07) is 5.82. The molecule has 1 saturated heterocycles. The lowest BCUT2D eigenvalue weighted by molar-refractivity contribution is 0.0691. The molecule has 1 heterocycles. The van der Waals surface area contributed by atoms with Crippen LogP contribution in [0.1, 0.15) is 30.1 Å². The molecule has 0 spiro atoms. The quantitative estimate of drug-likeness (QED) is 0.673. The van der Waals surface area contributed by atoms with Crippen LogP contribution >= 0.6 is 0 Å². The van der Waals surface area contributed by atoms with Gasteiger partial charge in [0.1, 0.15) is 11.5 Å². The molecule has 1 aromatic rings. The fraction of sp³-hybridized carbons (Fsp3) is 0.650. The lowest BCUT2D eigenvalue weighted by Gasteiger charge is -2.31. The van der Waals surface area contributed by atoms with Gasteiger partial charge >= 0.3 is 0 Å². The number of methoxy groups -OCH3 is 2. The normalized spacial score (nSPS) is 17.5. The van der Waals surface area contributed by atoms with E-state index in [1.807, 2.05) is 25.1 Å². The molecule has 1 atom stereocenters. The van der Waals surface area contributed by atoms with Crippen molar-refractivity contribution < 1.29 is 14.3 Å². The molecule has 0 aliphatic carbocycles. The van der Waals surface area contributed by atoms with Gasteiger partial charge in [-0.05, 0) is 52.2 Å². The highest BCUT2D eigenvalue weighted by atomic mass is 16.5. The van der Waals surface area contributed by atoms with Crippen LogP contribution < -0.4 is 9.47 Å². The molecule has 2 rings (SSSR count). The van der Waals surface area contributed by atoms with Gasteiger partial charge in [0.25, 0.3) is 5.91 Å². The first-order chi connectivity index (χ1) is 12.5. The van der Waals surface area contributed by atoms with Gasteiger partial charge in [-0.1, -0.05) is 6.92 Å². The van der Waals surface area contributed by atoms with E-state index in [0.717, 1.165) is 32.6 Å². The third-order valence-electron chi connectivity index (χ3n) is 5.08.